The van der Waals surface area contributed by atoms with Crippen LogP contribution in [0.2, 0.25) is 0 Å². The number of rotatable bonds is 8. The van der Waals surface area contributed by atoms with Crippen LogP contribution in [0.1, 0.15) is 50.3 Å². The molecule has 45 heavy (non-hydrogen) atoms. The van der Waals surface area contributed by atoms with Gasteiger partial charge in [0.2, 0.25) is 0 Å². The van der Waals surface area contributed by atoms with Gasteiger partial charge in [-0.2, -0.15) is 0 Å². The standard InChI is InChI=1S/C35H40N4O6/c1-33(2,3)45-32(43)38-22-20-34(21-23-38)30(41)39(31(42)37-34)24-28(29(40)44-4)36-35(25-14-8-5-9-15-25,26-16-10-6-11-17-26)27-18-12-7-13-19-27/h5-19,28,36H,20-24H2,1-4H3,(H,37,42). The number of likely N-dealkylation sites (tertiary alicyclic amines) is 1. The minimum absolute atomic E-state index is 0.228. The fourth-order valence-corrected chi connectivity index (χ4v) is 6.16. The van der Waals surface area contributed by atoms with Gasteiger partial charge in [-0.1, -0.05) is 91.0 Å². The highest BCUT2D eigenvalue weighted by Crippen LogP contribution is 2.38. The van der Waals surface area contributed by atoms with Crippen LogP contribution in [0.3, 0.4) is 0 Å². The Labute approximate surface area is 263 Å². The molecule has 0 saturated carbocycles. The molecule has 0 aromatic heterocycles. The molecular weight excluding hydrogens is 572 g/mol. The molecule has 2 fully saturated rings. The molecule has 2 aliphatic heterocycles. The monoisotopic (exact) mass is 612 g/mol. The first-order valence-corrected chi connectivity index (χ1v) is 15.1. The number of methoxy groups -OCH3 is 1. The maximum atomic E-state index is 13.9. The molecule has 1 spiro atoms. The summed E-state index contributed by atoms with van der Waals surface area (Å²) in [5.74, 6) is -1.06. The average molecular weight is 613 g/mol. The second kappa shape index (κ2) is 12.7. The van der Waals surface area contributed by atoms with Crippen LogP contribution in [0, 0.1) is 0 Å². The smallest absolute Gasteiger partial charge is 0.410 e. The van der Waals surface area contributed by atoms with Crippen molar-refractivity contribution >= 4 is 24.0 Å². The molecule has 2 saturated heterocycles. The lowest BCUT2D eigenvalue weighted by atomic mass is 9.76. The van der Waals surface area contributed by atoms with Crippen LogP contribution < -0.4 is 10.6 Å². The van der Waals surface area contributed by atoms with Gasteiger partial charge in [-0.25, -0.2) is 9.59 Å². The normalized spacial score (nSPS) is 17.2. The maximum Gasteiger partial charge on any atom is 0.410 e. The quantitative estimate of drug-likeness (QED) is 0.220. The predicted molar refractivity (Wildman–Crippen MR) is 168 cm³/mol. The summed E-state index contributed by atoms with van der Waals surface area (Å²) < 4.78 is 10.7. The molecule has 3 aromatic rings. The molecule has 2 heterocycles. The summed E-state index contributed by atoms with van der Waals surface area (Å²) >= 11 is 0. The van der Waals surface area contributed by atoms with Gasteiger partial charge >= 0.3 is 18.1 Å². The Kier molecular flexibility index (Phi) is 8.97. The number of esters is 1. The topological polar surface area (TPSA) is 117 Å². The molecule has 0 radical (unpaired) electrons. The van der Waals surface area contributed by atoms with Crippen molar-refractivity contribution in [2.75, 3.05) is 26.7 Å². The van der Waals surface area contributed by atoms with Crippen molar-refractivity contribution < 1.29 is 28.7 Å². The molecule has 5 rings (SSSR count). The molecule has 1 unspecified atom stereocenters. The molecule has 236 valence electrons. The highest BCUT2D eigenvalue weighted by molar-refractivity contribution is 6.07. The van der Waals surface area contributed by atoms with Crippen molar-refractivity contribution in [3.8, 4) is 0 Å². The van der Waals surface area contributed by atoms with Crippen LogP contribution >= 0.6 is 0 Å². The number of urea groups is 1. The van der Waals surface area contributed by atoms with Gasteiger partial charge in [-0.3, -0.25) is 19.8 Å². The minimum atomic E-state index is -1.17. The number of carbonyl (C=O) groups excluding carboxylic acids is 4. The van der Waals surface area contributed by atoms with Gasteiger partial charge in [0.05, 0.1) is 19.2 Å². The van der Waals surface area contributed by atoms with E-state index in [0.717, 1.165) is 21.6 Å². The molecular formula is C35H40N4O6. The SMILES string of the molecule is COC(=O)C(CN1C(=O)NC2(CCN(C(=O)OC(C)(C)C)CC2)C1=O)NC(c1ccccc1)(c1ccccc1)c1ccccc1. The predicted octanol–water partition coefficient (Wildman–Crippen LogP) is 4.43. The van der Waals surface area contributed by atoms with E-state index in [0.29, 0.717) is 0 Å². The van der Waals surface area contributed by atoms with Crippen LogP contribution in [-0.2, 0) is 24.6 Å². The third kappa shape index (κ3) is 6.42. The summed E-state index contributed by atoms with van der Waals surface area (Å²) in [6.07, 6.45) is -0.00273. The third-order valence-corrected chi connectivity index (χ3v) is 8.38. The zero-order chi connectivity index (χ0) is 32.2. The summed E-state index contributed by atoms with van der Waals surface area (Å²) in [4.78, 5) is 56.1. The van der Waals surface area contributed by atoms with Gasteiger partial charge in [-0.05, 0) is 50.3 Å². The number of nitrogens with zero attached hydrogens (tertiary/aromatic N) is 2. The lowest BCUT2D eigenvalue weighted by molar-refractivity contribution is -0.144. The Bertz CT molecular complexity index is 1420. The van der Waals surface area contributed by atoms with E-state index in [4.69, 9.17) is 9.47 Å². The number of amides is 4. The van der Waals surface area contributed by atoms with Crippen LogP contribution in [0.4, 0.5) is 9.59 Å². The van der Waals surface area contributed by atoms with E-state index in [2.05, 4.69) is 10.6 Å². The van der Waals surface area contributed by atoms with Crippen molar-refractivity contribution in [1.29, 1.82) is 0 Å². The van der Waals surface area contributed by atoms with E-state index in [1.54, 1.807) is 25.7 Å². The Morgan fingerprint density at radius 3 is 1.73 bits per heavy atom. The van der Waals surface area contributed by atoms with Gasteiger partial charge in [0.1, 0.15) is 17.2 Å². The molecule has 0 bridgehead atoms. The van der Waals surface area contributed by atoms with Crippen LogP contribution in [0.5, 0.6) is 0 Å². The third-order valence-electron chi connectivity index (χ3n) is 8.38. The summed E-state index contributed by atoms with van der Waals surface area (Å²) in [6, 6.07) is 27.5. The lowest BCUT2D eigenvalue weighted by Gasteiger charge is -2.40. The number of piperidine rings is 1. The zero-order valence-electron chi connectivity index (χ0n) is 26.1. The molecule has 0 aliphatic carbocycles. The summed E-state index contributed by atoms with van der Waals surface area (Å²) in [7, 11) is 1.28. The maximum absolute atomic E-state index is 13.9. The van der Waals surface area contributed by atoms with Gasteiger partial charge < -0.3 is 19.7 Å². The highest BCUT2D eigenvalue weighted by atomic mass is 16.6. The van der Waals surface area contributed by atoms with E-state index in [-0.39, 0.29) is 32.5 Å². The first kappa shape index (κ1) is 31.7. The molecule has 4 amide bonds. The van der Waals surface area contributed by atoms with E-state index in [9.17, 15) is 19.2 Å². The Balaban J connectivity index is 1.46. The molecule has 1 atom stereocenters. The molecule has 2 aliphatic rings. The fraction of sp³-hybridized carbons (Fsp3) is 0.371. The van der Waals surface area contributed by atoms with Gasteiger partial charge in [0.15, 0.2) is 0 Å². The number of hydrogen-bond donors (Lipinski definition) is 2. The highest BCUT2D eigenvalue weighted by Gasteiger charge is 2.54. The molecule has 10 nitrogen and oxygen atoms in total. The summed E-state index contributed by atoms with van der Waals surface area (Å²) in [5, 5.41) is 6.43. The van der Waals surface area contributed by atoms with Crippen LogP contribution in [0.15, 0.2) is 91.0 Å². The van der Waals surface area contributed by atoms with E-state index in [1.807, 2.05) is 91.0 Å². The summed E-state index contributed by atoms with van der Waals surface area (Å²) in [6.45, 7) is 5.61. The van der Waals surface area contributed by atoms with Crippen molar-refractivity contribution in [3.63, 3.8) is 0 Å². The Morgan fingerprint density at radius 2 is 1.31 bits per heavy atom. The Morgan fingerprint density at radius 1 is 0.844 bits per heavy atom. The van der Waals surface area contributed by atoms with Crippen LogP contribution in [0.25, 0.3) is 0 Å². The van der Waals surface area contributed by atoms with E-state index >= 15 is 0 Å². The van der Waals surface area contributed by atoms with Gasteiger partial charge in [0, 0.05) is 13.1 Å². The van der Waals surface area contributed by atoms with Gasteiger partial charge in [-0.15, -0.1) is 0 Å². The second-order valence-corrected chi connectivity index (χ2v) is 12.5. The first-order valence-electron chi connectivity index (χ1n) is 15.1. The molecule has 10 heteroatoms. The number of ether oxygens (including phenoxy) is 2. The fourth-order valence-electron chi connectivity index (χ4n) is 6.16. The lowest BCUT2D eigenvalue weighted by Crippen LogP contribution is -2.58. The van der Waals surface area contributed by atoms with Crippen molar-refractivity contribution in [2.24, 2.45) is 0 Å². The number of nitrogens with one attached hydrogen (secondary N) is 2. The average Bonchev–Trinajstić information content (AvgIpc) is 3.26. The second-order valence-electron chi connectivity index (χ2n) is 12.5. The summed E-state index contributed by atoms with van der Waals surface area (Å²) in [5.41, 5.74) is -0.284. The molecule has 2 N–H and O–H groups in total. The minimum Gasteiger partial charge on any atom is -0.468 e. The van der Waals surface area contributed by atoms with Crippen molar-refractivity contribution in [1.82, 2.24) is 20.4 Å². The van der Waals surface area contributed by atoms with Gasteiger partial charge in [0.25, 0.3) is 5.91 Å². The largest absolute Gasteiger partial charge is 0.468 e. The van der Waals surface area contributed by atoms with Crippen molar-refractivity contribution in [2.45, 2.75) is 56.3 Å². The number of carbonyl (C=O) groups is 4. The zero-order valence-corrected chi connectivity index (χ0v) is 26.1. The van der Waals surface area contributed by atoms with Crippen LogP contribution in [-0.4, -0.2) is 77.7 Å². The first-order chi connectivity index (χ1) is 21.5. The molecule has 3 aromatic carbocycles. The Hall–Kier alpha value is -4.70. The number of hydrogen-bond acceptors (Lipinski definition) is 7. The number of benzene rings is 3. The number of imide groups is 1. The van der Waals surface area contributed by atoms with E-state index < -0.39 is 46.7 Å². The van der Waals surface area contributed by atoms with E-state index in [1.165, 1.54) is 7.11 Å². The van der Waals surface area contributed by atoms with Crippen molar-refractivity contribution in [3.05, 3.63) is 108 Å².